The second-order valence-corrected chi connectivity index (χ2v) is 25.3. The Kier molecular flexibility index (Phi) is 25.1. The molecule has 3 saturated heterocycles. The first-order valence-corrected chi connectivity index (χ1v) is 32.9. The number of hydrogen-bond acceptors (Lipinski definition) is 29. The maximum Gasteiger partial charge on any atom is 0.237 e. The van der Waals surface area contributed by atoms with Gasteiger partial charge in [-0.2, -0.15) is 0 Å². The number of nitrogens with one attached hydrogen (secondary N) is 3. The molecule has 37 heteroatoms. The summed E-state index contributed by atoms with van der Waals surface area (Å²) in [6.45, 7) is -1.10. The Bertz CT molecular complexity index is 4600. The maximum atomic E-state index is 12.9. The van der Waals surface area contributed by atoms with Crippen LogP contribution in [0.1, 0.15) is 40.9 Å². The molecule has 9 aromatic rings. The van der Waals surface area contributed by atoms with Gasteiger partial charge in [-0.05, 0) is 65.7 Å². The van der Waals surface area contributed by atoms with Crippen molar-refractivity contribution < 1.29 is 64.0 Å². The fourth-order valence-electron chi connectivity index (χ4n) is 12.2. The number of azide groups is 1. The molecule has 0 bridgehead atoms. The summed E-state index contributed by atoms with van der Waals surface area (Å²) < 4.78 is 27.7. The molecule has 0 saturated carbocycles. The molecule has 12 rings (SSSR count). The molecule has 6 aromatic heterocycles. The molecule has 3 fully saturated rings. The Morgan fingerprint density at radius 1 is 0.543 bits per heavy atom. The highest BCUT2D eigenvalue weighted by Crippen LogP contribution is 2.36. The van der Waals surface area contributed by atoms with Crippen LogP contribution in [0.3, 0.4) is 0 Å². The maximum absolute atomic E-state index is 12.9. The van der Waals surface area contributed by atoms with E-state index in [1.165, 1.54) is 38.0 Å². The molecule has 3 aromatic carbocycles. The summed E-state index contributed by atoms with van der Waals surface area (Å²) >= 11 is 0. The van der Waals surface area contributed by atoms with Gasteiger partial charge in [0.25, 0.3) is 0 Å². The van der Waals surface area contributed by atoms with E-state index in [9.17, 15) is 45.0 Å². The van der Waals surface area contributed by atoms with Gasteiger partial charge in [-0.25, -0.2) is 44.9 Å². The number of ether oxygens (including phenoxy) is 4. The lowest BCUT2D eigenvalue weighted by Crippen LogP contribution is -2.53. The molecule has 3 aliphatic rings. The highest BCUT2D eigenvalue weighted by atomic mass is 16.6. The van der Waals surface area contributed by atoms with E-state index in [0.29, 0.717) is 62.4 Å². The van der Waals surface area contributed by atoms with Crippen LogP contribution in [-0.4, -0.2) is 249 Å². The van der Waals surface area contributed by atoms with Crippen LogP contribution < -0.4 is 52.6 Å². The number of hydrogen-bond donors (Lipinski definition) is 12. The molecule has 15 unspecified atom stereocenters. The molecule has 3 amide bonds. The topological polar surface area (TPSA) is 513 Å². The van der Waals surface area contributed by atoms with Crippen molar-refractivity contribution in [2.75, 3.05) is 83.4 Å². The number of carbonyl (C=O) groups is 3. The van der Waals surface area contributed by atoms with Crippen molar-refractivity contribution in [3.63, 3.8) is 0 Å². The standard InChI is InChI=1S/C24H29N7O5.C23H27N7O4.C21H26N10O4/c1-4-9-35-15-7-5-14(6-8-15)10-16(25)23(34)29-18-17(11-32)36-24(20(18)33)31-13-28-19-21(30(2)3)26-12-27-22(19)31;1-4-13-5-7-14(8-6-13)9-15(24)22(33)28-17-16(10-31)34-23(19(17)32)30-12-27-18-20(29(2)3)25-11-26-21(18)30;1-30(2)18-16-19(25-9-24-18)31(10-26-16)21-17(33)15(14(8-32)35-21)27-20(34)13(22)7-11-3-5-12(6-4-11)28-29-23/h1,5-8,12-13,16-18,20,24,32-33H,9-11,25H2,2-3H3,(H,29,34);1,5-8,11-12,15-17,19,23,31-32H,9-10,24H2,2-3H3,(H,28,33);3-6,9-10,13-15,17,21,32-33H,7-8,22H2,1-2H3,(H,27,34). The Balaban J connectivity index is 0.000000169. The van der Waals surface area contributed by atoms with Gasteiger partial charge in [0.15, 0.2) is 69.6 Å². The van der Waals surface area contributed by atoms with Crippen LogP contribution in [0.4, 0.5) is 23.1 Å². The molecule has 37 nitrogen and oxygen atoms in total. The van der Waals surface area contributed by atoms with Crippen LogP contribution in [-0.2, 0) is 47.9 Å². The summed E-state index contributed by atoms with van der Waals surface area (Å²) in [4.78, 5) is 85.2. The van der Waals surface area contributed by atoms with E-state index in [1.54, 1.807) is 89.1 Å². The van der Waals surface area contributed by atoms with Gasteiger partial charge < -0.3 is 97.4 Å². The fraction of sp³-hybridized carbons (Fsp3) is 0.412. The number of anilines is 3. The van der Waals surface area contributed by atoms with Crippen LogP contribution in [0.5, 0.6) is 5.75 Å². The van der Waals surface area contributed by atoms with E-state index >= 15 is 0 Å². The molecule has 15 N–H and O–H groups in total. The molecular weight excluding hydrogens is 1360 g/mol. The van der Waals surface area contributed by atoms with E-state index < -0.39 is 129 Å². The third-order valence-electron chi connectivity index (χ3n) is 17.5. The predicted octanol–water partition coefficient (Wildman–Crippen LogP) is -1.47. The van der Waals surface area contributed by atoms with Crippen molar-refractivity contribution in [2.45, 2.75) is 111 Å². The summed E-state index contributed by atoms with van der Waals surface area (Å²) in [5.41, 5.74) is 33.4. The van der Waals surface area contributed by atoms with Crippen molar-refractivity contribution in [1.82, 2.24) is 74.5 Å². The zero-order valence-corrected chi connectivity index (χ0v) is 58.0. The Morgan fingerprint density at radius 2 is 0.867 bits per heavy atom. The molecular formula is C68H82N24O13. The number of imidazole rings is 3. The fourth-order valence-corrected chi connectivity index (χ4v) is 12.2. The molecule has 105 heavy (non-hydrogen) atoms. The summed E-state index contributed by atoms with van der Waals surface area (Å²) in [7, 11) is 11.0. The SMILES string of the molecule is C#CCOc1ccc(CC(N)C(=O)NC2C(CO)OC(n3cnc4c(N(C)C)ncnc43)C2O)cc1.C#Cc1ccc(CC(N)C(=O)NC2C(CO)OC(n3cnc4c(N(C)C)ncnc43)C2O)cc1.CN(C)c1ncnc2c1ncn2C1OC(CO)C(NC(=O)C(N)Cc2ccc(N=[N+]=[N-])cc2)C1O. The minimum absolute atomic E-state index is 0.165. The zero-order chi connectivity index (χ0) is 75.3. The lowest BCUT2D eigenvalue weighted by molar-refractivity contribution is -0.124. The first-order valence-electron chi connectivity index (χ1n) is 32.9. The summed E-state index contributed by atoms with van der Waals surface area (Å²) in [6.07, 6.45) is 11.0. The number of aliphatic hydroxyl groups is 6. The van der Waals surface area contributed by atoms with E-state index in [-0.39, 0.29) is 25.9 Å². The molecule has 0 radical (unpaired) electrons. The molecule has 9 heterocycles. The molecule has 0 aliphatic carbocycles. The first kappa shape index (κ1) is 76.5. The number of aromatic nitrogens is 12. The van der Waals surface area contributed by atoms with Crippen molar-refractivity contribution in [1.29, 1.82) is 0 Å². The van der Waals surface area contributed by atoms with Gasteiger partial charge in [0.05, 0.1) is 75.1 Å². The van der Waals surface area contributed by atoms with Crippen LogP contribution in [0.25, 0.3) is 43.9 Å². The highest BCUT2D eigenvalue weighted by molar-refractivity contribution is 5.86. The van der Waals surface area contributed by atoms with Gasteiger partial charge in [0.2, 0.25) is 17.7 Å². The minimum Gasteiger partial charge on any atom is -0.481 e. The summed E-state index contributed by atoms with van der Waals surface area (Å²) in [5, 5.41) is 74.4. The summed E-state index contributed by atoms with van der Waals surface area (Å²) in [6, 6.07) is 15.6. The lowest BCUT2D eigenvalue weighted by Gasteiger charge is -2.23. The van der Waals surface area contributed by atoms with E-state index in [4.69, 9.17) is 54.5 Å². The molecule has 15 atom stereocenters. The van der Waals surface area contributed by atoms with Crippen molar-refractivity contribution in [3.8, 4) is 30.4 Å². The minimum atomic E-state index is -1.21. The number of benzene rings is 3. The van der Waals surface area contributed by atoms with Crippen molar-refractivity contribution >= 4 is 74.4 Å². The van der Waals surface area contributed by atoms with Gasteiger partial charge in [-0.15, -0.1) is 12.8 Å². The lowest BCUT2D eigenvalue weighted by atomic mass is 10.0. The average Bonchev–Trinajstić information content (AvgIpc) is 1.63. The number of nitrogens with two attached hydrogens (primary N) is 3. The number of fused-ring (bicyclic) bond motifs is 3. The van der Waals surface area contributed by atoms with E-state index in [0.717, 1.165) is 22.3 Å². The zero-order valence-electron chi connectivity index (χ0n) is 58.0. The Hall–Kier alpha value is -11.1. The van der Waals surface area contributed by atoms with Gasteiger partial charge in [-0.1, -0.05) is 65.5 Å². The monoisotopic (exact) mass is 1440 g/mol. The Morgan fingerprint density at radius 3 is 1.16 bits per heavy atom. The smallest absolute Gasteiger partial charge is 0.237 e. The largest absolute Gasteiger partial charge is 0.481 e. The van der Waals surface area contributed by atoms with Crippen LogP contribution >= 0.6 is 0 Å². The average molecular weight is 1440 g/mol. The van der Waals surface area contributed by atoms with Gasteiger partial charge in [0, 0.05) is 58.4 Å². The molecule has 0 spiro atoms. The second-order valence-electron chi connectivity index (χ2n) is 25.3. The number of terminal acetylenes is 2. The van der Waals surface area contributed by atoms with Gasteiger partial charge in [0.1, 0.15) is 68.0 Å². The van der Waals surface area contributed by atoms with Gasteiger partial charge >= 0.3 is 0 Å². The number of rotatable bonds is 24. The third kappa shape index (κ3) is 17.2. The number of nitrogens with zero attached hydrogens (tertiary/aromatic N) is 18. The molecule has 3 aliphatic heterocycles. The normalized spacial score (nSPS) is 22.6. The third-order valence-corrected chi connectivity index (χ3v) is 17.5. The van der Waals surface area contributed by atoms with Crippen LogP contribution in [0, 0.1) is 24.7 Å². The highest BCUT2D eigenvalue weighted by Gasteiger charge is 2.49. The van der Waals surface area contributed by atoms with Gasteiger partial charge in [-0.3, -0.25) is 28.1 Å². The second kappa shape index (κ2) is 34.4. The van der Waals surface area contributed by atoms with E-state index in [1.807, 2.05) is 54.4 Å². The number of aliphatic hydroxyl groups excluding tert-OH is 6. The van der Waals surface area contributed by atoms with Crippen LogP contribution in [0.15, 0.2) is 116 Å². The van der Waals surface area contributed by atoms with E-state index in [2.05, 4.69) is 82.7 Å². The summed E-state index contributed by atoms with van der Waals surface area (Å²) in [5.74, 6) is 5.90. The first-order chi connectivity index (χ1) is 50.5. The number of amides is 3. The molecule has 552 valence electrons. The predicted molar refractivity (Wildman–Crippen MR) is 381 cm³/mol. The quantitative estimate of drug-likeness (QED) is 0.0142. The Labute approximate surface area is 601 Å². The van der Waals surface area contributed by atoms with Crippen molar-refractivity contribution in [2.24, 2.45) is 22.3 Å². The van der Waals surface area contributed by atoms with Crippen molar-refractivity contribution in [3.05, 3.63) is 143 Å². The number of carbonyl (C=O) groups excluding carboxylic acids is 3. The van der Waals surface area contributed by atoms with Crippen LogP contribution in [0.2, 0.25) is 0 Å².